The number of amides is 1. The van der Waals surface area contributed by atoms with Crippen molar-refractivity contribution in [3.63, 3.8) is 0 Å². The van der Waals surface area contributed by atoms with Crippen molar-refractivity contribution in [1.29, 1.82) is 0 Å². The quantitative estimate of drug-likeness (QED) is 0.424. The maximum Gasteiger partial charge on any atom is 0.328 e. The molecule has 0 fully saturated rings. The molecular weight excluding hydrogens is 374 g/mol. The Bertz CT molecular complexity index is 846. The van der Waals surface area contributed by atoms with Crippen LogP contribution in [0.25, 0.3) is 10.9 Å². The van der Waals surface area contributed by atoms with Gasteiger partial charge in [-0.05, 0) is 30.4 Å². The van der Waals surface area contributed by atoms with Crippen molar-refractivity contribution in [2.45, 2.75) is 51.6 Å². The molecule has 2 rings (SSSR count). The number of hydrogen-bond acceptors (Lipinski definition) is 5. The Morgan fingerprint density at radius 1 is 1.21 bits per heavy atom. The summed E-state index contributed by atoms with van der Waals surface area (Å²) in [7, 11) is 0. The third kappa shape index (κ3) is 6.90. The van der Waals surface area contributed by atoms with Crippen LogP contribution in [0.5, 0.6) is 0 Å². The van der Waals surface area contributed by atoms with Crippen LogP contribution in [0.2, 0.25) is 0 Å². The van der Waals surface area contributed by atoms with Crippen molar-refractivity contribution in [2.75, 3.05) is 6.61 Å². The van der Waals surface area contributed by atoms with Gasteiger partial charge < -0.3 is 25.9 Å². The van der Waals surface area contributed by atoms with E-state index in [1.807, 2.05) is 44.3 Å². The lowest BCUT2D eigenvalue weighted by Gasteiger charge is -2.18. The second kappa shape index (κ2) is 10.6. The number of esters is 1. The minimum absolute atomic E-state index is 0.0105. The first-order valence-corrected chi connectivity index (χ1v) is 9.77. The summed E-state index contributed by atoms with van der Waals surface area (Å²) in [5, 5.41) is 12.5. The molecule has 0 bridgehead atoms. The van der Waals surface area contributed by atoms with Crippen molar-refractivity contribution >= 4 is 28.7 Å². The fraction of sp³-hybridized carbons (Fsp3) is 0.476. The standard InChI is InChI=1S/C21H29N3O5/c1-13(2)9-10-29-21(28)18(24-19(25)8-7-16(22)20(26)27)11-14-12-23-17-6-4-3-5-15(14)17/h3-6,12-13,16,18,23H,7-11,22H2,1-2H3,(H,24,25)(H,26,27)/t16-,18+/m1/s1. The molecule has 158 valence electrons. The van der Waals surface area contributed by atoms with Crippen LogP contribution < -0.4 is 11.1 Å². The van der Waals surface area contributed by atoms with Gasteiger partial charge >= 0.3 is 11.9 Å². The molecule has 1 aromatic carbocycles. The van der Waals surface area contributed by atoms with E-state index in [1.165, 1.54) is 0 Å². The van der Waals surface area contributed by atoms with Gasteiger partial charge in [-0.25, -0.2) is 4.79 Å². The molecule has 8 heteroatoms. The summed E-state index contributed by atoms with van der Waals surface area (Å²) in [6.45, 7) is 4.34. The largest absolute Gasteiger partial charge is 0.480 e. The monoisotopic (exact) mass is 403 g/mol. The van der Waals surface area contributed by atoms with Crippen LogP contribution in [-0.4, -0.2) is 46.6 Å². The Labute approximate surface area is 169 Å². The maximum atomic E-state index is 12.6. The summed E-state index contributed by atoms with van der Waals surface area (Å²) in [6.07, 6.45) is 2.71. The minimum atomic E-state index is -1.17. The zero-order chi connectivity index (χ0) is 21.4. The highest BCUT2D eigenvalue weighted by molar-refractivity contribution is 5.87. The van der Waals surface area contributed by atoms with E-state index in [4.69, 9.17) is 15.6 Å². The van der Waals surface area contributed by atoms with Gasteiger partial charge in [0.2, 0.25) is 5.91 Å². The molecule has 0 radical (unpaired) electrons. The van der Waals surface area contributed by atoms with E-state index in [-0.39, 0.29) is 25.9 Å². The molecule has 29 heavy (non-hydrogen) atoms. The number of aliphatic carboxylic acids is 1. The number of fused-ring (bicyclic) bond motifs is 1. The zero-order valence-corrected chi connectivity index (χ0v) is 16.8. The van der Waals surface area contributed by atoms with Crippen molar-refractivity contribution in [3.05, 3.63) is 36.0 Å². The molecule has 1 amide bonds. The van der Waals surface area contributed by atoms with Gasteiger partial charge in [0.05, 0.1) is 6.61 Å². The molecule has 0 aliphatic rings. The number of carboxylic acid groups (broad SMARTS) is 1. The molecule has 0 saturated heterocycles. The van der Waals surface area contributed by atoms with Gasteiger partial charge in [-0.1, -0.05) is 32.0 Å². The normalized spacial score (nSPS) is 13.2. The first kappa shape index (κ1) is 22.4. The van der Waals surface area contributed by atoms with E-state index in [2.05, 4.69) is 10.3 Å². The number of nitrogens with two attached hydrogens (primary N) is 1. The molecule has 2 aromatic rings. The summed E-state index contributed by atoms with van der Waals surface area (Å²) in [5.74, 6) is -1.72. The number of ether oxygens (including phenoxy) is 1. The topological polar surface area (TPSA) is 135 Å². The lowest BCUT2D eigenvalue weighted by Crippen LogP contribution is -2.44. The average Bonchev–Trinajstić information content (AvgIpc) is 3.08. The fourth-order valence-electron chi connectivity index (χ4n) is 2.89. The Morgan fingerprint density at radius 3 is 2.62 bits per heavy atom. The first-order valence-electron chi connectivity index (χ1n) is 9.77. The lowest BCUT2D eigenvalue weighted by atomic mass is 10.0. The van der Waals surface area contributed by atoms with Gasteiger partial charge in [-0.3, -0.25) is 9.59 Å². The van der Waals surface area contributed by atoms with E-state index in [0.29, 0.717) is 5.92 Å². The molecule has 0 aliphatic carbocycles. The summed E-state index contributed by atoms with van der Waals surface area (Å²) in [5.41, 5.74) is 7.27. The summed E-state index contributed by atoms with van der Waals surface area (Å²) >= 11 is 0. The van der Waals surface area contributed by atoms with Crippen LogP contribution in [0.15, 0.2) is 30.5 Å². The average molecular weight is 403 g/mol. The van der Waals surface area contributed by atoms with Crippen LogP contribution in [-0.2, 0) is 25.5 Å². The number of para-hydroxylation sites is 1. The predicted octanol–water partition coefficient (Wildman–Crippen LogP) is 1.98. The highest BCUT2D eigenvalue weighted by Crippen LogP contribution is 2.19. The molecule has 0 aliphatic heterocycles. The summed E-state index contributed by atoms with van der Waals surface area (Å²) < 4.78 is 5.36. The van der Waals surface area contributed by atoms with E-state index in [1.54, 1.807) is 0 Å². The SMILES string of the molecule is CC(C)CCOC(=O)[C@H](Cc1c[nH]c2ccccc12)NC(=O)CC[C@@H](N)C(=O)O. The van der Waals surface area contributed by atoms with E-state index >= 15 is 0 Å². The number of nitrogens with one attached hydrogen (secondary N) is 2. The van der Waals surface area contributed by atoms with Crippen molar-refractivity contribution < 1.29 is 24.2 Å². The number of H-pyrrole nitrogens is 1. The number of carbonyl (C=O) groups excluding carboxylic acids is 2. The number of carboxylic acids is 1. The summed E-state index contributed by atoms with van der Waals surface area (Å²) in [6, 6.07) is 5.70. The van der Waals surface area contributed by atoms with E-state index in [9.17, 15) is 14.4 Å². The number of hydrogen-bond donors (Lipinski definition) is 4. The molecular formula is C21H29N3O5. The number of carbonyl (C=O) groups is 3. The Morgan fingerprint density at radius 2 is 1.93 bits per heavy atom. The molecule has 1 heterocycles. The predicted molar refractivity (Wildman–Crippen MR) is 109 cm³/mol. The van der Waals surface area contributed by atoms with Gasteiger partial charge in [0.25, 0.3) is 0 Å². The molecule has 8 nitrogen and oxygen atoms in total. The van der Waals surface area contributed by atoms with Crippen LogP contribution in [0.1, 0.15) is 38.7 Å². The van der Waals surface area contributed by atoms with Crippen LogP contribution in [0.4, 0.5) is 0 Å². The molecule has 2 atom stereocenters. The van der Waals surface area contributed by atoms with Crippen molar-refractivity contribution in [3.8, 4) is 0 Å². The minimum Gasteiger partial charge on any atom is -0.480 e. The van der Waals surface area contributed by atoms with Crippen LogP contribution >= 0.6 is 0 Å². The smallest absolute Gasteiger partial charge is 0.328 e. The second-order valence-corrected chi connectivity index (χ2v) is 7.52. The third-order valence-electron chi connectivity index (χ3n) is 4.66. The molecule has 0 spiro atoms. The van der Waals surface area contributed by atoms with Gasteiger partial charge in [0, 0.05) is 29.9 Å². The third-order valence-corrected chi connectivity index (χ3v) is 4.66. The first-order chi connectivity index (χ1) is 13.8. The van der Waals surface area contributed by atoms with Crippen molar-refractivity contribution in [2.24, 2.45) is 11.7 Å². The molecule has 1 aromatic heterocycles. The molecule has 5 N–H and O–H groups in total. The fourth-order valence-corrected chi connectivity index (χ4v) is 2.89. The number of rotatable bonds is 11. The second-order valence-electron chi connectivity index (χ2n) is 7.52. The summed E-state index contributed by atoms with van der Waals surface area (Å²) in [4.78, 5) is 38.9. The van der Waals surface area contributed by atoms with Gasteiger partial charge in [0.15, 0.2) is 0 Å². The van der Waals surface area contributed by atoms with Gasteiger partial charge in [-0.15, -0.1) is 0 Å². The van der Waals surface area contributed by atoms with Crippen molar-refractivity contribution in [1.82, 2.24) is 10.3 Å². The van der Waals surface area contributed by atoms with E-state index < -0.39 is 29.9 Å². The van der Waals surface area contributed by atoms with Crippen LogP contribution in [0, 0.1) is 5.92 Å². The Balaban J connectivity index is 2.07. The Hall–Kier alpha value is -2.87. The van der Waals surface area contributed by atoms with Gasteiger partial charge in [-0.2, -0.15) is 0 Å². The Kier molecular flexibility index (Phi) is 8.21. The highest BCUT2D eigenvalue weighted by Gasteiger charge is 2.25. The number of aromatic nitrogens is 1. The highest BCUT2D eigenvalue weighted by atomic mass is 16.5. The zero-order valence-electron chi connectivity index (χ0n) is 16.8. The van der Waals surface area contributed by atoms with Crippen LogP contribution in [0.3, 0.4) is 0 Å². The van der Waals surface area contributed by atoms with Gasteiger partial charge in [0.1, 0.15) is 12.1 Å². The van der Waals surface area contributed by atoms with E-state index in [0.717, 1.165) is 22.9 Å². The lowest BCUT2D eigenvalue weighted by molar-refractivity contribution is -0.148. The molecule has 0 unspecified atom stereocenters. The maximum absolute atomic E-state index is 12.6. The molecule has 0 saturated carbocycles. The number of aromatic amines is 1. The number of benzene rings is 1.